The lowest BCUT2D eigenvalue weighted by Crippen LogP contribution is -2.58. The van der Waals surface area contributed by atoms with Gasteiger partial charge >= 0.3 is 21.3 Å². The molecule has 2 fully saturated rings. The number of phosphoric acid groups is 2. The Morgan fingerprint density at radius 1 is 0.917 bits per heavy atom. The molecule has 11 atom stereocenters. The number of hydrogen-bond acceptors (Lipinski definition) is 15. The monoisotopic (exact) mass is 566 g/mol. The number of ether oxygens (including phenoxy) is 2. The molecule has 2 aliphatic heterocycles. The Bertz CT molecular complexity index is 1120. The lowest BCUT2D eigenvalue weighted by atomic mass is 10.00. The van der Waals surface area contributed by atoms with E-state index in [1.54, 1.807) is 0 Å². The quantitative estimate of drug-likeness (QED) is 0.127. The zero-order chi connectivity index (χ0) is 27.0. The van der Waals surface area contributed by atoms with Crippen LogP contribution in [0, 0.1) is 0 Å². The van der Waals surface area contributed by atoms with Gasteiger partial charge in [0.15, 0.2) is 12.5 Å². The van der Waals surface area contributed by atoms with Gasteiger partial charge < -0.3 is 49.9 Å². The van der Waals surface area contributed by atoms with Crippen LogP contribution in [0.4, 0.5) is 0 Å². The molecule has 206 valence electrons. The lowest BCUT2D eigenvalue weighted by molar-refractivity contribution is -0.280. The second-order valence-corrected chi connectivity index (χ2v) is 10.7. The molecule has 7 unspecified atom stereocenters. The normalized spacial score (nSPS) is 38.4. The Labute approximate surface area is 199 Å². The highest BCUT2D eigenvalue weighted by molar-refractivity contribution is 7.61. The van der Waals surface area contributed by atoms with Crippen LogP contribution in [0.5, 0.6) is 0 Å². The zero-order valence-corrected chi connectivity index (χ0v) is 19.6. The molecule has 3 heterocycles. The second kappa shape index (κ2) is 11.2. The minimum Gasteiger partial charge on any atom is -0.394 e. The highest BCUT2D eigenvalue weighted by Gasteiger charge is 2.49. The average Bonchev–Trinajstić information content (AvgIpc) is 3.06. The molecule has 1 aromatic rings. The minimum atomic E-state index is -5.59. The van der Waals surface area contributed by atoms with Crippen LogP contribution in [0.3, 0.4) is 0 Å². The molecule has 21 heteroatoms. The Kier molecular flexibility index (Phi) is 9.05. The Balaban J connectivity index is 1.61. The third kappa shape index (κ3) is 6.54. The van der Waals surface area contributed by atoms with Gasteiger partial charge in [-0.3, -0.25) is 23.4 Å². The summed E-state index contributed by atoms with van der Waals surface area (Å²) in [6.45, 7) is -1.93. The van der Waals surface area contributed by atoms with Gasteiger partial charge in [-0.1, -0.05) is 0 Å². The summed E-state index contributed by atoms with van der Waals surface area (Å²) in [7, 11) is -11.1. The van der Waals surface area contributed by atoms with E-state index < -0.39 is 95.4 Å². The molecule has 0 aromatic carbocycles. The maximum absolute atomic E-state index is 12.2. The molecular weight excluding hydrogens is 542 g/mol. The molecule has 9 N–H and O–H groups in total. The van der Waals surface area contributed by atoms with Crippen molar-refractivity contribution in [1.82, 2.24) is 9.55 Å². The fourth-order valence-corrected chi connectivity index (χ4v) is 5.51. The van der Waals surface area contributed by atoms with Crippen molar-refractivity contribution in [3.63, 3.8) is 0 Å². The van der Waals surface area contributed by atoms with E-state index in [1.165, 1.54) is 0 Å². The number of phosphoric ester groups is 2. The summed E-state index contributed by atoms with van der Waals surface area (Å²) >= 11 is 0. The Morgan fingerprint density at radius 2 is 1.56 bits per heavy atom. The number of aromatic amines is 1. The number of aliphatic hydroxyl groups excluding tert-OH is 6. The Morgan fingerprint density at radius 3 is 2.17 bits per heavy atom. The van der Waals surface area contributed by atoms with E-state index in [0.29, 0.717) is 0 Å². The van der Waals surface area contributed by atoms with Gasteiger partial charge in [-0.15, -0.1) is 0 Å². The van der Waals surface area contributed by atoms with Crippen molar-refractivity contribution in [1.29, 1.82) is 0 Å². The van der Waals surface area contributed by atoms with E-state index in [0.717, 1.165) is 16.8 Å². The molecule has 0 amide bonds. The summed E-state index contributed by atoms with van der Waals surface area (Å²) in [5.74, 6) is 0. The summed E-state index contributed by atoms with van der Waals surface area (Å²) in [5.41, 5.74) is -1.75. The fourth-order valence-electron chi connectivity index (χ4n) is 3.35. The van der Waals surface area contributed by atoms with Crippen molar-refractivity contribution < 1.29 is 72.4 Å². The number of aromatic nitrogens is 2. The van der Waals surface area contributed by atoms with Crippen molar-refractivity contribution in [2.24, 2.45) is 0 Å². The predicted molar refractivity (Wildman–Crippen MR) is 109 cm³/mol. The molecule has 1 aromatic heterocycles. The van der Waals surface area contributed by atoms with Crippen LogP contribution in [0.1, 0.15) is 6.23 Å². The standard InChI is InChI=1S/C15H24N2O17P2/c18-3-5-8(20)10(22)12(24)14(32-5)33-36(28,29)34-35(26,27)30-4-6-9(21)11(23)13(31-6)17-2-1-7(19)16-15(17)25/h1-2,5-6,8-14,18,20-24H,3-4H2,(H,26,27)(H,28,29)(H,16,19,25)/t5?,6-,8-,9?,10?,11?,12?,13-,14-/m1/s1. The highest BCUT2D eigenvalue weighted by Crippen LogP contribution is 2.61. The largest absolute Gasteiger partial charge is 0.483 e. The van der Waals surface area contributed by atoms with Crippen LogP contribution in [0.25, 0.3) is 0 Å². The van der Waals surface area contributed by atoms with E-state index >= 15 is 0 Å². The third-order valence-corrected chi connectivity index (χ3v) is 7.76. The summed E-state index contributed by atoms with van der Waals surface area (Å²) in [5, 5.41) is 58.6. The van der Waals surface area contributed by atoms with Crippen LogP contribution in [-0.2, 0) is 32.0 Å². The van der Waals surface area contributed by atoms with Crippen LogP contribution in [0.2, 0.25) is 0 Å². The molecular formula is C15H24N2O17P2. The maximum atomic E-state index is 12.2. The van der Waals surface area contributed by atoms with Gasteiger partial charge in [-0.2, -0.15) is 4.31 Å². The van der Waals surface area contributed by atoms with Crippen LogP contribution in [-0.4, -0.2) is 112 Å². The second-order valence-electron chi connectivity index (χ2n) is 7.68. The Hall–Kier alpha value is -1.38. The van der Waals surface area contributed by atoms with E-state index in [2.05, 4.69) is 13.4 Å². The van der Waals surface area contributed by atoms with Crippen LogP contribution in [0.15, 0.2) is 21.9 Å². The van der Waals surface area contributed by atoms with Gasteiger partial charge in [0, 0.05) is 12.3 Å². The van der Waals surface area contributed by atoms with Gasteiger partial charge in [-0.05, 0) is 0 Å². The third-order valence-electron chi connectivity index (χ3n) is 5.16. The number of nitrogens with zero attached hydrogens (tertiary/aromatic N) is 1. The van der Waals surface area contributed by atoms with E-state index in [4.69, 9.17) is 14.6 Å². The first-order valence-electron chi connectivity index (χ1n) is 9.99. The number of H-pyrrole nitrogens is 1. The molecule has 0 radical (unpaired) electrons. The van der Waals surface area contributed by atoms with Crippen molar-refractivity contribution in [2.45, 2.75) is 55.2 Å². The maximum Gasteiger partial charge on any atom is 0.483 e. The topological polar surface area (TPSA) is 297 Å². The van der Waals surface area contributed by atoms with Crippen LogP contribution < -0.4 is 11.2 Å². The first kappa shape index (κ1) is 29.2. The van der Waals surface area contributed by atoms with Gasteiger partial charge in [0.25, 0.3) is 5.56 Å². The molecule has 19 nitrogen and oxygen atoms in total. The molecule has 36 heavy (non-hydrogen) atoms. The van der Waals surface area contributed by atoms with Gasteiger partial charge in [0.05, 0.1) is 13.2 Å². The predicted octanol–water partition coefficient (Wildman–Crippen LogP) is -4.79. The summed E-state index contributed by atoms with van der Waals surface area (Å²) in [6, 6.07) is 0.928. The van der Waals surface area contributed by atoms with Gasteiger partial charge in [-0.25, -0.2) is 13.9 Å². The summed E-state index contributed by atoms with van der Waals surface area (Å²) in [4.78, 5) is 44.5. The molecule has 0 bridgehead atoms. The summed E-state index contributed by atoms with van der Waals surface area (Å²) < 4.78 is 48.1. The smallest absolute Gasteiger partial charge is 0.394 e. The SMILES string of the molecule is O=c1ccn([C@@H]2O[C@H](COP(=O)(O)OP(=O)(O)O[C@H]3OC(CO)[C@@H](O)C(O)C3O)C(O)C2O)c(=O)[nH]1. The number of nitrogens with one attached hydrogen (secondary N) is 1. The van der Waals surface area contributed by atoms with Crippen molar-refractivity contribution in [3.8, 4) is 0 Å². The average molecular weight is 566 g/mol. The highest BCUT2D eigenvalue weighted by atomic mass is 31.3. The minimum absolute atomic E-state index is 0.723. The lowest BCUT2D eigenvalue weighted by Gasteiger charge is -2.39. The molecule has 0 aliphatic carbocycles. The van der Waals surface area contributed by atoms with E-state index in [1.807, 2.05) is 4.98 Å². The zero-order valence-electron chi connectivity index (χ0n) is 17.9. The van der Waals surface area contributed by atoms with Crippen molar-refractivity contribution >= 4 is 15.6 Å². The van der Waals surface area contributed by atoms with Crippen LogP contribution >= 0.6 is 15.6 Å². The number of aliphatic hydroxyl groups is 6. The molecule has 2 aliphatic rings. The molecule has 3 rings (SSSR count). The molecule has 0 spiro atoms. The van der Waals surface area contributed by atoms with Gasteiger partial charge in [0.1, 0.15) is 42.7 Å². The van der Waals surface area contributed by atoms with Crippen molar-refractivity contribution in [2.75, 3.05) is 13.2 Å². The van der Waals surface area contributed by atoms with Crippen molar-refractivity contribution in [3.05, 3.63) is 33.1 Å². The van der Waals surface area contributed by atoms with E-state index in [9.17, 15) is 54.0 Å². The number of hydrogen-bond donors (Lipinski definition) is 9. The number of rotatable bonds is 9. The first-order valence-corrected chi connectivity index (χ1v) is 13.0. The molecule has 0 saturated carbocycles. The first-order chi connectivity index (χ1) is 16.7. The summed E-state index contributed by atoms with van der Waals surface area (Å²) in [6.07, 6.45) is -15.4. The molecule has 2 saturated heterocycles. The fraction of sp³-hybridized carbons (Fsp3) is 0.733. The van der Waals surface area contributed by atoms with E-state index in [-0.39, 0.29) is 0 Å². The van der Waals surface area contributed by atoms with Gasteiger partial charge in [0.2, 0.25) is 0 Å².